The van der Waals surface area contributed by atoms with Gasteiger partial charge in [-0.1, -0.05) is 120 Å². The van der Waals surface area contributed by atoms with Gasteiger partial charge in [-0.05, 0) is 115 Å². The highest BCUT2D eigenvalue weighted by Gasteiger charge is 2.47. The molecule has 5 aromatic rings. The van der Waals surface area contributed by atoms with E-state index in [0.29, 0.717) is 12.1 Å². The molecule has 0 radical (unpaired) electrons. The number of hydrogen-bond acceptors (Lipinski definition) is 6. The topological polar surface area (TPSA) is 106 Å². The molecule has 8 heteroatoms. The molecular formula is C52H66N6O2. The Morgan fingerprint density at radius 1 is 0.550 bits per heavy atom. The number of hydrogen-bond donors (Lipinski definition) is 6. The molecule has 8 nitrogen and oxygen atoms in total. The number of carbonyl (C=O) groups excluding carboxylic acids is 2. The van der Waals surface area contributed by atoms with Crippen molar-refractivity contribution in [3.63, 3.8) is 0 Å². The molecule has 0 aromatic heterocycles. The number of aryl methyl sites for hydroxylation is 3. The van der Waals surface area contributed by atoms with E-state index < -0.39 is 0 Å². The molecule has 2 saturated heterocycles. The summed E-state index contributed by atoms with van der Waals surface area (Å²) in [7, 11) is 0. The molecule has 2 saturated carbocycles. The zero-order valence-corrected chi connectivity index (χ0v) is 36.8. The smallest absolute Gasteiger partial charge is 0.252 e. The third kappa shape index (κ3) is 10.6. The molecule has 316 valence electrons. The van der Waals surface area contributed by atoms with Gasteiger partial charge in [0.15, 0.2) is 0 Å². The second-order valence-corrected chi connectivity index (χ2v) is 16.1. The molecule has 2 aliphatic heterocycles. The van der Waals surface area contributed by atoms with Crippen LogP contribution in [0.15, 0.2) is 115 Å². The van der Waals surface area contributed by atoms with Crippen molar-refractivity contribution >= 4 is 23.2 Å². The highest BCUT2D eigenvalue weighted by Crippen LogP contribution is 2.47. The van der Waals surface area contributed by atoms with E-state index in [1.165, 1.54) is 27.8 Å². The van der Waals surface area contributed by atoms with Crippen LogP contribution in [0.4, 0.5) is 11.4 Å². The fraction of sp³-hybridized carbons (Fsp3) is 0.385. The average Bonchev–Trinajstić information content (AvgIpc) is 4.21. The third-order valence-electron chi connectivity index (χ3n) is 11.9. The first-order chi connectivity index (χ1) is 29.2. The second kappa shape index (κ2) is 20.2. The first-order valence-electron chi connectivity index (χ1n) is 22.3. The van der Waals surface area contributed by atoms with Crippen LogP contribution in [-0.4, -0.2) is 50.1 Å². The monoisotopic (exact) mass is 807 g/mol. The summed E-state index contributed by atoms with van der Waals surface area (Å²) in [6, 6.07) is 40.6. The molecule has 2 heterocycles. The van der Waals surface area contributed by atoms with Gasteiger partial charge >= 0.3 is 0 Å². The number of rotatable bonds is 12. The van der Waals surface area contributed by atoms with E-state index in [-0.39, 0.29) is 22.9 Å². The Bertz CT molecular complexity index is 2200. The van der Waals surface area contributed by atoms with Crippen LogP contribution in [0.1, 0.15) is 109 Å². The molecule has 4 aliphatic rings. The van der Waals surface area contributed by atoms with Crippen LogP contribution in [0, 0.1) is 13.8 Å². The molecule has 0 spiro atoms. The summed E-state index contributed by atoms with van der Waals surface area (Å²) in [6.45, 7) is 18.1. The van der Waals surface area contributed by atoms with E-state index in [2.05, 4.69) is 124 Å². The minimum atomic E-state index is -0.254. The Hall–Kier alpha value is -5.44. The molecule has 60 heavy (non-hydrogen) atoms. The van der Waals surface area contributed by atoms with Crippen molar-refractivity contribution in [3.8, 4) is 11.1 Å². The number of nitrogens with one attached hydrogen (secondary N) is 6. The molecule has 4 fully saturated rings. The molecule has 9 rings (SSSR count). The van der Waals surface area contributed by atoms with Crippen molar-refractivity contribution in [2.75, 3.05) is 36.8 Å². The Morgan fingerprint density at radius 3 is 1.43 bits per heavy atom. The quantitative estimate of drug-likeness (QED) is 0.0750. The lowest BCUT2D eigenvalue weighted by molar-refractivity contribution is 0.0921. The van der Waals surface area contributed by atoms with E-state index in [1.807, 2.05) is 71.9 Å². The van der Waals surface area contributed by atoms with Gasteiger partial charge < -0.3 is 31.9 Å². The van der Waals surface area contributed by atoms with Gasteiger partial charge in [0.25, 0.3) is 11.8 Å². The predicted octanol–water partition coefficient (Wildman–Crippen LogP) is 9.88. The lowest BCUT2D eigenvalue weighted by Gasteiger charge is -2.29. The highest BCUT2D eigenvalue weighted by atomic mass is 16.2. The van der Waals surface area contributed by atoms with Crippen molar-refractivity contribution in [3.05, 3.63) is 154 Å². The average molecular weight is 807 g/mol. The maximum absolute atomic E-state index is 13.2. The molecular weight excluding hydrogens is 741 g/mol. The van der Waals surface area contributed by atoms with E-state index in [1.54, 1.807) is 0 Å². The standard InChI is InChI=1S/C26H27N3O.C22H27N3O.2C2H6/c1-18-10-11-22(28-23-16-27-17-23)15-24(18)25(30)29-26(12-13-26)21-9-5-8-20(14-21)19-6-3-2-4-7-19;1-3-16-5-4-6-17(11-16)22(9-10-22)25-21(26)20-12-18(8-7-15(20)2)24-19-13-23-14-19;2*1-2/h2-11,14-15,23,27-28H,12-13,16-17H2,1H3,(H,29,30);4-8,11-12,19,23-24H,3,9-10,13-14H2,1-2H3,(H,25,26);2*1-2H3. The Morgan fingerprint density at radius 2 is 1.00 bits per heavy atom. The summed E-state index contributed by atoms with van der Waals surface area (Å²) >= 11 is 0. The van der Waals surface area contributed by atoms with Crippen LogP contribution in [-0.2, 0) is 17.5 Å². The summed E-state index contributed by atoms with van der Waals surface area (Å²) in [5.74, 6) is 0.0304. The largest absolute Gasteiger partial charge is 0.380 e. The fourth-order valence-electron chi connectivity index (χ4n) is 7.67. The van der Waals surface area contributed by atoms with Gasteiger partial charge in [-0.25, -0.2) is 0 Å². The van der Waals surface area contributed by atoms with E-state index >= 15 is 0 Å². The predicted molar refractivity (Wildman–Crippen MR) is 250 cm³/mol. The summed E-state index contributed by atoms with van der Waals surface area (Å²) in [5.41, 5.74) is 11.2. The van der Waals surface area contributed by atoms with E-state index in [0.717, 1.165) is 91.9 Å². The number of amides is 2. The van der Waals surface area contributed by atoms with E-state index in [4.69, 9.17) is 0 Å². The van der Waals surface area contributed by atoms with Gasteiger partial charge in [-0.15, -0.1) is 0 Å². The van der Waals surface area contributed by atoms with Crippen LogP contribution in [0.3, 0.4) is 0 Å². The first-order valence-corrected chi connectivity index (χ1v) is 22.3. The summed E-state index contributed by atoms with van der Waals surface area (Å²) in [5, 5.41) is 20.2. The van der Waals surface area contributed by atoms with Gasteiger partial charge in [0.2, 0.25) is 0 Å². The van der Waals surface area contributed by atoms with Gasteiger partial charge in [0, 0.05) is 48.7 Å². The molecule has 6 N–H and O–H groups in total. The zero-order chi connectivity index (χ0) is 42.7. The van der Waals surface area contributed by atoms with Crippen LogP contribution < -0.4 is 31.9 Å². The Labute approximate surface area is 358 Å². The maximum Gasteiger partial charge on any atom is 0.252 e. The number of benzene rings is 5. The van der Waals surface area contributed by atoms with Crippen molar-refractivity contribution in [1.29, 1.82) is 0 Å². The highest BCUT2D eigenvalue weighted by molar-refractivity contribution is 5.98. The first kappa shape index (κ1) is 44.1. The molecule has 5 aromatic carbocycles. The van der Waals surface area contributed by atoms with Crippen LogP contribution in [0.25, 0.3) is 11.1 Å². The Balaban J connectivity index is 0.000000188. The van der Waals surface area contributed by atoms with Gasteiger partial charge in [0.05, 0.1) is 23.2 Å². The van der Waals surface area contributed by atoms with Crippen molar-refractivity contribution in [2.24, 2.45) is 0 Å². The molecule has 0 atom stereocenters. The maximum atomic E-state index is 13.2. The Kier molecular flexibility index (Phi) is 14.9. The lowest BCUT2D eigenvalue weighted by Crippen LogP contribution is -2.51. The molecule has 0 unspecified atom stereocenters. The number of anilines is 2. The van der Waals surface area contributed by atoms with Crippen LogP contribution in [0.2, 0.25) is 0 Å². The van der Waals surface area contributed by atoms with Crippen LogP contribution >= 0.6 is 0 Å². The summed E-state index contributed by atoms with van der Waals surface area (Å²) < 4.78 is 0. The van der Waals surface area contributed by atoms with Crippen LogP contribution in [0.5, 0.6) is 0 Å². The lowest BCUT2D eigenvalue weighted by atomic mass is 9.97. The fourth-order valence-corrected chi connectivity index (χ4v) is 7.67. The van der Waals surface area contributed by atoms with Gasteiger partial charge in [0.1, 0.15) is 0 Å². The normalized spacial score (nSPS) is 16.6. The summed E-state index contributed by atoms with van der Waals surface area (Å²) in [6.07, 6.45) is 4.98. The minimum Gasteiger partial charge on any atom is -0.380 e. The molecule has 2 amide bonds. The van der Waals surface area contributed by atoms with Crippen molar-refractivity contribution in [2.45, 2.75) is 104 Å². The van der Waals surface area contributed by atoms with Crippen molar-refractivity contribution in [1.82, 2.24) is 21.3 Å². The molecule has 0 bridgehead atoms. The van der Waals surface area contributed by atoms with Gasteiger partial charge in [-0.3, -0.25) is 9.59 Å². The molecule has 2 aliphatic carbocycles. The van der Waals surface area contributed by atoms with Crippen molar-refractivity contribution < 1.29 is 9.59 Å². The zero-order valence-electron chi connectivity index (χ0n) is 36.8. The summed E-state index contributed by atoms with van der Waals surface area (Å²) in [4.78, 5) is 26.2. The van der Waals surface area contributed by atoms with E-state index in [9.17, 15) is 9.59 Å². The van der Waals surface area contributed by atoms with Gasteiger partial charge in [-0.2, -0.15) is 0 Å². The third-order valence-corrected chi connectivity index (χ3v) is 11.9. The second-order valence-electron chi connectivity index (χ2n) is 16.1. The number of carbonyl (C=O) groups is 2. The SMILES string of the molecule is CC.CC.CCc1cccc(C2(NC(=O)c3cc(NC4CNC4)ccc3C)CC2)c1.Cc1ccc(NC2CNC2)cc1C(=O)NC1(c2cccc(-c3ccccc3)c2)CC1. The minimum absolute atomic E-state index is 0.00509.